The van der Waals surface area contributed by atoms with E-state index in [0.29, 0.717) is 28.4 Å². The van der Waals surface area contributed by atoms with Gasteiger partial charge in [0.25, 0.3) is 15.9 Å². The third-order valence-electron chi connectivity index (χ3n) is 4.15. The lowest BCUT2D eigenvalue weighted by molar-refractivity contribution is 0.0951. The van der Waals surface area contributed by atoms with Crippen LogP contribution in [0.15, 0.2) is 77.7 Å². The molecule has 0 aliphatic carbocycles. The molecule has 0 unspecified atom stereocenters. The van der Waals surface area contributed by atoms with E-state index in [1.807, 2.05) is 30.3 Å². The molecular formula is C21H19ClN2O3S. The highest BCUT2D eigenvalue weighted by Gasteiger charge is 2.16. The lowest BCUT2D eigenvalue weighted by Gasteiger charge is -2.12. The molecule has 2 N–H and O–H groups in total. The zero-order chi connectivity index (χ0) is 20.1. The number of hydrogen-bond acceptors (Lipinski definition) is 3. The number of carbonyl (C=O) groups excluding carboxylic acids is 1. The summed E-state index contributed by atoms with van der Waals surface area (Å²) < 4.78 is 27.6. The number of rotatable bonds is 6. The van der Waals surface area contributed by atoms with Gasteiger partial charge in [-0.1, -0.05) is 41.9 Å². The van der Waals surface area contributed by atoms with Crippen LogP contribution in [0.1, 0.15) is 21.5 Å². The molecule has 0 saturated carbocycles. The van der Waals surface area contributed by atoms with Crippen molar-refractivity contribution in [1.82, 2.24) is 5.32 Å². The van der Waals surface area contributed by atoms with Gasteiger partial charge in [0.1, 0.15) is 0 Å². The van der Waals surface area contributed by atoms with Crippen molar-refractivity contribution in [2.75, 3.05) is 4.72 Å². The number of benzene rings is 3. The zero-order valence-corrected chi connectivity index (χ0v) is 16.7. The SMILES string of the molecule is Cc1cc(C(=O)NCc2ccccc2)ccc1NS(=O)(=O)c1ccc(Cl)cc1. The van der Waals surface area contributed by atoms with Crippen LogP contribution < -0.4 is 10.0 Å². The average molecular weight is 415 g/mol. The van der Waals surface area contributed by atoms with E-state index in [4.69, 9.17) is 11.6 Å². The Morgan fingerprint density at radius 3 is 2.29 bits per heavy atom. The van der Waals surface area contributed by atoms with Gasteiger partial charge in [0.2, 0.25) is 0 Å². The van der Waals surface area contributed by atoms with E-state index in [1.165, 1.54) is 24.3 Å². The Morgan fingerprint density at radius 1 is 0.964 bits per heavy atom. The van der Waals surface area contributed by atoms with Crippen LogP contribution in [-0.4, -0.2) is 14.3 Å². The molecule has 0 aliphatic rings. The van der Waals surface area contributed by atoms with E-state index < -0.39 is 10.0 Å². The van der Waals surface area contributed by atoms with Gasteiger partial charge in [-0.05, 0) is 60.5 Å². The van der Waals surface area contributed by atoms with Gasteiger partial charge >= 0.3 is 0 Å². The Balaban J connectivity index is 1.71. The van der Waals surface area contributed by atoms with Crippen molar-refractivity contribution in [3.8, 4) is 0 Å². The highest BCUT2D eigenvalue weighted by atomic mass is 35.5. The van der Waals surface area contributed by atoms with Crippen LogP contribution in [0, 0.1) is 6.92 Å². The number of amides is 1. The standard InChI is InChI=1S/C21H19ClN2O3S/c1-15-13-17(21(25)23-14-16-5-3-2-4-6-16)7-12-20(15)24-28(26,27)19-10-8-18(22)9-11-19/h2-13,24H,14H2,1H3,(H,23,25). The van der Waals surface area contributed by atoms with Gasteiger partial charge in [-0.15, -0.1) is 0 Å². The number of nitrogens with one attached hydrogen (secondary N) is 2. The fraction of sp³-hybridized carbons (Fsp3) is 0.0952. The van der Waals surface area contributed by atoms with E-state index in [9.17, 15) is 13.2 Å². The number of anilines is 1. The summed E-state index contributed by atoms with van der Waals surface area (Å²) >= 11 is 5.81. The largest absolute Gasteiger partial charge is 0.348 e. The predicted molar refractivity (Wildman–Crippen MR) is 111 cm³/mol. The van der Waals surface area contributed by atoms with Crippen molar-refractivity contribution >= 4 is 33.2 Å². The molecule has 0 atom stereocenters. The van der Waals surface area contributed by atoms with Crippen LogP contribution in [-0.2, 0) is 16.6 Å². The van der Waals surface area contributed by atoms with Crippen molar-refractivity contribution in [3.05, 3.63) is 94.5 Å². The molecule has 0 bridgehead atoms. The molecule has 0 saturated heterocycles. The summed E-state index contributed by atoms with van der Waals surface area (Å²) in [4.78, 5) is 12.5. The molecule has 0 aliphatic heterocycles. The normalized spacial score (nSPS) is 11.1. The van der Waals surface area contributed by atoms with E-state index in [-0.39, 0.29) is 10.8 Å². The number of hydrogen-bond donors (Lipinski definition) is 2. The molecule has 0 fully saturated rings. The van der Waals surface area contributed by atoms with Crippen LogP contribution in [0.4, 0.5) is 5.69 Å². The Kier molecular flexibility index (Phi) is 6.02. The van der Waals surface area contributed by atoms with Crippen molar-refractivity contribution in [2.45, 2.75) is 18.4 Å². The fourth-order valence-corrected chi connectivity index (χ4v) is 3.87. The monoisotopic (exact) mass is 414 g/mol. The van der Waals surface area contributed by atoms with E-state index in [1.54, 1.807) is 25.1 Å². The van der Waals surface area contributed by atoms with E-state index in [2.05, 4.69) is 10.0 Å². The molecule has 0 radical (unpaired) electrons. The molecule has 0 heterocycles. The molecule has 3 aromatic carbocycles. The topological polar surface area (TPSA) is 75.3 Å². The fourth-order valence-electron chi connectivity index (χ4n) is 2.62. The highest BCUT2D eigenvalue weighted by Crippen LogP contribution is 2.22. The van der Waals surface area contributed by atoms with E-state index >= 15 is 0 Å². The van der Waals surface area contributed by atoms with Crippen molar-refractivity contribution < 1.29 is 13.2 Å². The maximum absolute atomic E-state index is 12.5. The molecule has 0 spiro atoms. The summed E-state index contributed by atoms with van der Waals surface area (Å²) in [6.07, 6.45) is 0. The van der Waals surface area contributed by atoms with Crippen LogP contribution >= 0.6 is 11.6 Å². The molecule has 1 amide bonds. The summed E-state index contributed by atoms with van der Waals surface area (Å²) in [5, 5.41) is 3.31. The Morgan fingerprint density at radius 2 is 1.64 bits per heavy atom. The maximum atomic E-state index is 12.5. The smallest absolute Gasteiger partial charge is 0.261 e. The average Bonchev–Trinajstić information content (AvgIpc) is 2.68. The maximum Gasteiger partial charge on any atom is 0.261 e. The van der Waals surface area contributed by atoms with Crippen molar-refractivity contribution in [3.63, 3.8) is 0 Å². The van der Waals surface area contributed by atoms with Gasteiger partial charge in [-0.3, -0.25) is 9.52 Å². The quantitative estimate of drug-likeness (QED) is 0.628. The molecular weight excluding hydrogens is 396 g/mol. The summed E-state index contributed by atoms with van der Waals surface area (Å²) in [6.45, 7) is 2.16. The first-order chi connectivity index (χ1) is 13.3. The van der Waals surface area contributed by atoms with Crippen LogP contribution in [0.3, 0.4) is 0 Å². The van der Waals surface area contributed by atoms with Crippen LogP contribution in [0.2, 0.25) is 5.02 Å². The number of sulfonamides is 1. The van der Waals surface area contributed by atoms with Gasteiger partial charge in [-0.2, -0.15) is 0 Å². The highest BCUT2D eigenvalue weighted by molar-refractivity contribution is 7.92. The molecule has 5 nitrogen and oxygen atoms in total. The van der Waals surface area contributed by atoms with Crippen LogP contribution in [0.25, 0.3) is 0 Å². The first kappa shape index (κ1) is 19.9. The minimum absolute atomic E-state index is 0.112. The molecule has 3 aromatic rings. The van der Waals surface area contributed by atoms with Gasteiger partial charge in [0, 0.05) is 17.1 Å². The van der Waals surface area contributed by atoms with Crippen molar-refractivity contribution in [2.24, 2.45) is 0 Å². The Bertz CT molecular complexity index is 1080. The number of carbonyl (C=O) groups is 1. The minimum Gasteiger partial charge on any atom is -0.348 e. The second kappa shape index (κ2) is 8.46. The Hall–Kier alpha value is -2.83. The third-order valence-corrected chi connectivity index (χ3v) is 5.79. The lowest BCUT2D eigenvalue weighted by Crippen LogP contribution is -2.23. The predicted octanol–water partition coefficient (Wildman–Crippen LogP) is 4.38. The summed E-state index contributed by atoms with van der Waals surface area (Å²) in [5.41, 5.74) is 2.52. The summed E-state index contributed by atoms with van der Waals surface area (Å²) in [5.74, 6) is -0.223. The van der Waals surface area contributed by atoms with E-state index in [0.717, 1.165) is 5.56 Å². The first-order valence-electron chi connectivity index (χ1n) is 8.56. The summed E-state index contributed by atoms with van der Waals surface area (Å²) in [7, 11) is -3.74. The van der Waals surface area contributed by atoms with Gasteiger partial charge in [0.05, 0.1) is 10.6 Å². The molecule has 7 heteroatoms. The second-order valence-electron chi connectivity index (χ2n) is 6.26. The van der Waals surface area contributed by atoms with Gasteiger partial charge in [-0.25, -0.2) is 8.42 Å². The molecule has 144 valence electrons. The zero-order valence-electron chi connectivity index (χ0n) is 15.1. The minimum atomic E-state index is -3.74. The lowest BCUT2D eigenvalue weighted by atomic mass is 10.1. The second-order valence-corrected chi connectivity index (χ2v) is 8.38. The molecule has 3 rings (SSSR count). The summed E-state index contributed by atoms with van der Waals surface area (Å²) in [6, 6.07) is 20.3. The van der Waals surface area contributed by atoms with Gasteiger partial charge < -0.3 is 5.32 Å². The first-order valence-corrected chi connectivity index (χ1v) is 10.4. The number of halogens is 1. The Labute approximate surface area is 169 Å². The number of aryl methyl sites for hydroxylation is 1. The van der Waals surface area contributed by atoms with Gasteiger partial charge in [0.15, 0.2) is 0 Å². The third kappa shape index (κ3) is 4.91. The van der Waals surface area contributed by atoms with Crippen LogP contribution in [0.5, 0.6) is 0 Å². The molecule has 28 heavy (non-hydrogen) atoms. The van der Waals surface area contributed by atoms with Crippen molar-refractivity contribution in [1.29, 1.82) is 0 Å². The molecule has 0 aromatic heterocycles.